The van der Waals surface area contributed by atoms with Gasteiger partial charge in [0, 0.05) is 11.8 Å². The summed E-state index contributed by atoms with van der Waals surface area (Å²) in [6.07, 6.45) is 2.62. The highest BCUT2D eigenvalue weighted by molar-refractivity contribution is 7.92. The van der Waals surface area contributed by atoms with Crippen LogP contribution in [0.25, 0.3) is 0 Å². The molecule has 3 rings (SSSR count). The van der Waals surface area contributed by atoms with E-state index in [0.29, 0.717) is 0 Å². The lowest BCUT2D eigenvalue weighted by atomic mass is 10.2. The molecule has 0 fully saturated rings. The van der Waals surface area contributed by atoms with Gasteiger partial charge in [0.25, 0.3) is 5.91 Å². The number of hydrogen-bond donors (Lipinski definition) is 1. The second kappa shape index (κ2) is 7.08. The maximum absolute atomic E-state index is 13.7. The van der Waals surface area contributed by atoms with Crippen LogP contribution in [0.2, 0.25) is 0 Å². The number of pyridine rings is 1. The zero-order chi connectivity index (χ0) is 17.9. The van der Waals surface area contributed by atoms with Crippen LogP contribution in [0.4, 0.5) is 9.52 Å². The quantitative estimate of drug-likeness (QED) is 0.738. The summed E-state index contributed by atoms with van der Waals surface area (Å²) < 4.78 is 38.4. The number of carbonyl (C=O) groups excluding carboxylic acids is 1. The molecule has 0 aliphatic carbocycles. The van der Waals surface area contributed by atoms with Crippen LogP contribution >= 0.6 is 11.3 Å². The molecule has 1 aromatic carbocycles. The number of hydrogen-bond acceptors (Lipinski definition) is 6. The largest absolute Gasteiger partial charge is 0.296 e. The van der Waals surface area contributed by atoms with Crippen molar-refractivity contribution in [2.24, 2.45) is 0 Å². The van der Waals surface area contributed by atoms with Gasteiger partial charge in [-0.2, -0.15) is 0 Å². The van der Waals surface area contributed by atoms with Gasteiger partial charge in [0.1, 0.15) is 15.7 Å². The molecule has 0 saturated carbocycles. The molecule has 0 atom stereocenters. The van der Waals surface area contributed by atoms with Crippen molar-refractivity contribution in [1.29, 1.82) is 0 Å². The number of nitrogens with one attached hydrogen (secondary N) is 1. The van der Waals surface area contributed by atoms with E-state index in [9.17, 15) is 17.6 Å². The lowest BCUT2D eigenvalue weighted by Crippen LogP contribution is -2.12. The molecule has 1 N–H and O–H groups in total. The smallest absolute Gasteiger partial charge is 0.276 e. The van der Waals surface area contributed by atoms with Crippen molar-refractivity contribution in [2.45, 2.75) is 9.96 Å². The normalized spacial score (nSPS) is 11.2. The molecule has 0 aliphatic heterocycles. The highest BCUT2D eigenvalue weighted by Crippen LogP contribution is 2.26. The lowest BCUT2D eigenvalue weighted by Gasteiger charge is -2.03. The summed E-state index contributed by atoms with van der Waals surface area (Å²) in [5.74, 6) is -1.55. The zero-order valence-corrected chi connectivity index (χ0v) is 14.3. The first-order valence-corrected chi connectivity index (χ1v) is 9.57. The lowest BCUT2D eigenvalue weighted by molar-refractivity contribution is 0.102. The summed E-state index contributed by atoms with van der Waals surface area (Å²) in [5, 5.41) is 2.62. The summed E-state index contributed by atoms with van der Waals surface area (Å²) in [5.41, 5.74) is 0.267. The number of halogens is 1. The van der Waals surface area contributed by atoms with E-state index >= 15 is 0 Å². The molecule has 0 aliphatic rings. The van der Waals surface area contributed by atoms with E-state index in [0.717, 1.165) is 17.5 Å². The van der Waals surface area contributed by atoms with Crippen LogP contribution in [-0.4, -0.2) is 24.3 Å². The van der Waals surface area contributed by atoms with E-state index in [1.54, 1.807) is 18.2 Å². The molecule has 3 aromatic rings. The SMILES string of the molecule is O=C(Nc1ncc(S(=O)(=O)Cc2ccccc2F)s1)c1ccccn1. The Morgan fingerprint density at radius 1 is 1.12 bits per heavy atom. The Labute approximate surface area is 147 Å². The number of sulfone groups is 1. The third kappa shape index (κ3) is 4.06. The van der Waals surface area contributed by atoms with E-state index in [1.807, 2.05) is 0 Å². The first-order valence-electron chi connectivity index (χ1n) is 7.10. The molecular weight excluding hydrogens is 365 g/mol. The number of thiazole rings is 1. The van der Waals surface area contributed by atoms with E-state index < -0.39 is 27.3 Å². The third-order valence-corrected chi connectivity index (χ3v) is 6.34. The van der Waals surface area contributed by atoms with Crippen molar-refractivity contribution in [3.8, 4) is 0 Å². The second-order valence-corrected chi connectivity index (χ2v) is 8.25. The zero-order valence-electron chi connectivity index (χ0n) is 12.7. The summed E-state index contributed by atoms with van der Waals surface area (Å²) in [7, 11) is -3.77. The molecule has 128 valence electrons. The number of rotatable bonds is 5. The molecular formula is C16H12FN3O3S2. The Bertz CT molecular complexity index is 1000. The van der Waals surface area contributed by atoms with Crippen LogP contribution in [0.15, 0.2) is 59.1 Å². The summed E-state index contributed by atoms with van der Waals surface area (Å²) in [4.78, 5) is 19.8. The number of anilines is 1. The molecule has 2 heterocycles. The standard InChI is InChI=1S/C16H12FN3O3S2/c17-12-6-2-1-5-11(12)10-25(22,23)14-9-19-16(24-14)20-15(21)13-7-3-4-8-18-13/h1-9H,10H2,(H,19,20,21). The highest BCUT2D eigenvalue weighted by atomic mass is 32.2. The fourth-order valence-electron chi connectivity index (χ4n) is 2.01. The van der Waals surface area contributed by atoms with Gasteiger partial charge in [0.2, 0.25) is 0 Å². The molecule has 0 radical (unpaired) electrons. The molecule has 9 heteroatoms. The predicted octanol–water partition coefficient (Wildman–Crippen LogP) is 2.90. The molecule has 2 aromatic heterocycles. The van der Waals surface area contributed by atoms with Crippen LogP contribution in [0.1, 0.15) is 16.1 Å². The summed E-state index contributed by atoms with van der Waals surface area (Å²) in [6.45, 7) is 0. The average Bonchev–Trinajstić information content (AvgIpc) is 3.07. The molecule has 25 heavy (non-hydrogen) atoms. The van der Waals surface area contributed by atoms with Gasteiger partial charge in [-0.3, -0.25) is 15.1 Å². The van der Waals surface area contributed by atoms with Gasteiger partial charge in [-0.05, 0) is 18.2 Å². The Kier molecular flexibility index (Phi) is 4.86. The molecule has 0 unspecified atom stereocenters. The fourth-order valence-corrected chi connectivity index (χ4v) is 4.48. The average molecular weight is 377 g/mol. The monoisotopic (exact) mass is 377 g/mol. The second-order valence-electron chi connectivity index (χ2n) is 5.00. The van der Waals surface area contributed by atoms with Gasteiger partial charge in [-0.1, -0.05) is 35.6 Å². The van der Waals surface area contributed by atoms with Crippen LogP contribution in [0.3, 0.4) is 0 Å². The van der Waals surface area contributed by atoms with Crippen molar-refractivity contribution < 1.29 is 17.6 Å². The van der Waals surface area contributed by atoms with Crippen molar-refractivity contribution in [1.82, 2.24) is 9.97 Å². The number of amides is 1. The van der Waals surface area contributed by atoms with Crippen LogP contribution in [-0.2, 0) is 15.6 Å². The summed E-state index contributed by atoms with van der Waals surface area (Å²) in [6, 6.07) is 10.5. The van der Waals surface area contributed by atoms with E-state index in [2.05, 4.69) is 15.3 Å². The van der Waals surface area contributed by atoms with Gasteiger partial charge in [0.15, 0.2) is 15.0 Å². The number of nitrogens with zero attached hydrogens (tertiary/aromatic N) is 2. The topological polar surface area (TPSA) is 89.0 Å². The molecule has 0 saturated heterocycles. The first-order chi connectivity index (χ1) is 12.0. The van der Waals surface area contributed by atoms with Gasteiger partial charge >= 0.3 is 0 Å². The first kappa shape index (κ1) is 17.2. The van der Waals surface area contributed by atoms with E-state index in [-0.39, 0.29) is 20.6 Å². The number of benzene rings is 1. The van der Waals surface area contributed by atoms with Crippen molar-refractivity contribution in [3.05, 3.63) is 71.9 Å². The van der Waals surface area contributed by atoms with Gasteiger partial charge < -0.3 is 0 Å². The number of carbonyl (C=O) groups is 1. The van der Waals surface area contributed by atoms with Gasteiger partial charge in [-0.25, -0.2) is 17.8 Å². The van der Waals surface area contributed by atoms with E-state index in [1.165, 1.54) is 30.5 Å². The van der Waals surface area contributed by atoms with Crippen molar-refractivity contribution in [3.63, 3.8) is 0 Å². The third-order valence-electron chi connectivity index (χ3n) is 3.21. The summed E-state index contributed by atoms with van der Waals surface area (Å²) >= 11 is 0.807. The van der Waals surface area contributed by atoms with Crippen LogP contribution in [0, 0.1) is 5.82 Å². The Balaban J connectivity index is 1.76. The highest BCUT2D eigenvalue weighted by Gasteiger charge is 2.21. The van der Waals surface area contributed by atoms with Gasteiger partial charge in [0.05, 0.1) is 11.9 Å². The van der Waals surface area contributed by atoms with Gasteiger partial charge in [-0.15, -0.1) is 0 Å². The molecule has 0 bridgehead atoms. The minimum absolute atomic E-state index is 0.0490. The van der Waals surface area contributed by atoms with Crippen molar-refractivity contribution in [2.75, 3.05) is 5.32 Å². The van der Waals surface area contributed by atoms with Crippen LogP contribution < -0.4 is 5.32 Å². The minimum Gasteiger partial charge on any atom is -0.296 e. The molecule has 6 nitrogen and oxygen atoms in total. The van der Waals surface area contributed by atoms with E-state index in [4.69, 9.17) is 0 Å². The maximum atomic E-state index is 13.7. The number of aromatic nitrogens is 2. The molecule has 0 spiro atoms. The minimum atomic E-state index is -3.77. The van der Waals surface area contributed by atoms with Crippen molar-refractivity contribution >= 4 is 32.2 Å². The predicted molar refractivity (Wildman–Crippen MR) is 91.6 cm³/mol. The Hall–Kier alpha value is -2.65. The molecule has 1 amide bonds. The Morgan fingerprint density at radius 2 is 1.88 bits per heavy atom. The van der Waals surface area contributed by atoms with Crippen LogP contribution in [0.5, 0.6) is 0 Å². The fraction of sp³-hybridized carbons (Fsp3) is 0.0625. The Morgan fingerprint density at radius 3 is 2.60 bits per heavy atom. The maximum Gasteiger partial charge on any atom is 0.276 e.